The largest absolute Gasteiger partial charge is 0.368 e. The summed E-state index contributed by atoms with van der Waals surface area (Å²) in [5, 5.41) is 0. The highest BCUT2D eigenvalue weighted by Gasteiger charge is 2.23. The van der Waals surface area contributed by atoms with E-state index in [9.17, 15) is 0 Å². The lowest BCUT2D eigenvalue weighted by Crippen LogP contribution is -2.36. The summed E-state index contributed by atoms with van der Waals surface area (Å²) in [6.07, 6.45) is 6.48. The average Bonchev–Trinajstić information content (AvgIpc) is 2.91. The van der Waals surface area contributed by atoms with E-state index in [1.807, 2.05) is 0 Å². The number of rotatable bonds is 6. The SMILES string of the molecule is CC(C)CN(c1ccc(CCN)cc1)C1CCCC1. The molecule has 0 atom stereocenters. The van der Waals surface area contributed by atoms with E-state index in [0.717, 1.165) is 19.0 Å². The predicted molar refractivity (Wildman–Crippen MR) is 83.6 cm³/mol. The highest BCUT2D eigenvalue weighted by molar-refractivity contribution is 5.49. The van der Waals surface area contributed by atoms with Crippen LogP contribution in [0.3, 0.4) is 0 Å². The van der Waals surface area contributed by atoms with Crippen molar-refractivity contribution in [3.8, 4) is 0 Å². The minimum Gasteiger partial charge on any atom is -0.368 e. The summed E-state index contributed by atoms with van der Waals surface area (Å²) in [4.78, 5) is 2.63. The predicted octanol–water partition coefficient (Wildman–Crippen LogP) is 3.59. The second kappa shape index (κ2) is 6.95. The van der Waals surface area contributed by atoms with Gasteiger partial charge >= 0.3 is 0 Å². The summed E-state index contributed by atoms with van der Waals surface area (Å²) in [6, 6.07) is 9.80. The topological polar surface area (TPSA) is 29.3 Å². The molecule has 0 saturated heterocycles. The Labute approximate surface area is 118 Å². The van der Waals surface area contributed by atoms with E-state index >= 15 is 0 Å². The maximum absolute atomic E-state index is 5.61. The fourth-order valence-corrected chi connectivity index (χ4v) is 3.10. The first-order valence-corrected chi connectivity index (χ1v) is 7.76. The molecular formula is C17H28N2. The molecular weight excluding hydrogens is 232 g/mol. The van der Waals surface area contributed by atoms with Crippen molar-refractivity contribution in [2.45, 2.75) is 52.0 Å². The molecule has 1 fully saturated rings. The third-order valence-corrected chi connectivity index (χ3v) is 4.03. The molecule has 1 aromatic carbocycles. The van der Waals surface area contributed by atoms with Gasteiger partial charge in [-0.3, -0.25) is 0 Å². The quantitative estimate of drug-likeness (QED) is 0.847. The molecule has 19 heavy (non-hydrogen) atoms. The number of anilines is 1. The van der Waals surface area contributed by atoms with Gasteiger partial charge in [0.25, 0.3) is 0 Å². The van der Waals surface area contributed by atoms with Gasteiger partial charge in [0.05, 0.1) is 0 Å². The zero-order chi connectivity index (χ0) is 13.7. The molecule has 1 aromatic rings. The molecule has 0 bridgehead atoms. The van der Waals surface area contributed by atoms with Crippen molar-refractivity contribution in [2.24, 2.45) is 11.7 Å². The van der Waals surface area contributed by atoms with Gasteiger partial charge < -0.3 is 10.6 Å². The molecule has 0 amide bonds. The fourth-order valence-electron chi connectivity index (χ4n) is 3.10. The number of hydrogen-bond donors (Lipinski definition) is 1. The zero-order valence-electron chi connectivity index (χ0n) is 12.4. The summed E-state index contributed by atoms with van der Waals surface area (Å²) >= 11 is 0. The normalized spacial score (nSPS) is 16.2. The lowest BCUT2D eigenvalue weighted by atomic mass is 10.1. The van der Waals surface area contributed by atoms with Gasteiger partial charge in [0.15, 0.2) is 0 Å². The summed E-state index contributed by atoms with van der Waals surface area (Å²) in [5.41, 5.74) is 8.35. The standard InChI is InChI=1S/C17H28N2/c1-14(2)13-19(16-5-3-4-6-16)17-9-7-15(8-10-17)11-12-18/h7-10,14,16H,3-6,11-13,18H2,1-2H3. The van der Waals surface area contributed by atoms with E-state index < -0.39 is 0 Å². The van der Waals surface area contributed by atoms with Crippen molar-refractivity contribution in [1.82, 2.24) is 0 Å². The Balaban J connectivity index is 2.12. The molecule has 2 heteroatoms. The van der Waals surface area contributed by atoms with Gasteiger partial charge in [-0.1, -0.05) is 38.8 Å². The third kappa shape index (κ3) is 3.97. The van der Waals surface area contributed by atoms with Crippen molar-refractivity contribution in [1.29, 1.82) is 0 Å². The van der Waals surface area contributed by atoms with Gasteiger partial charge in [0.1, 0.15) is 0 Å². The zero-order valence-corrected chi connectivity index (χ0v) is 12.4. The fraction of sp³-hybridized carbons (Fsp3) is 0.647. The lowest BCUT2D eigenvalue weighted by molar-refractivity contribution is 0.536. The Morgan fingerprint density at radius 1 is 1.16 bits per heavy atom. The molecule has 106 valence electrons. The first kappa shape index (κ1) is 14.4. The Bertz CT molecular complexity index is 363. The van der Waals surface area contributed by atoms with E-state index in [1.165, 1.54) is 43.5 Å². The van der Waals surface area contributed by atoms with Crippen LogP contribution in [0.4, 0.5) is 5.69 Å². The van der Waals surface area contributed by atoms with Crippen LogP contribution in [0.2, 0.25) is 0 Å². The maximum Gasteiger partial charge on any atom is 0.0368 e. The Morgan fingerprint density at radius 3 is 2.32 bits per heavy atom. The van der Waals surface area contributed by atoms with Crippen molar-refractivity contribution in [3.05, 3.63) is 29.8 Å². The summed E-state index contributed by atoms with van der Waals surface area (Å²) < 4.78 is 0. The molecule has 0 unspecified atom stereocenters. The van der Waals surface area contributed by atoms with Gasteiger partial charge in [-0.15, -0.1) is 0 Å². The number of hydrogen-bond acceptors (Lipinski definition) is 2. The molecule has 0 heterocycles. The number of nitrogens with two attached hydrogens (primary N) is 1. The Morgan fingerprint density at radius 2 is 1.79 bits per heavy atom. The molecule has 0 spiro atoms. The second-order valence-corrected chi connectivity index (χ2v) is 6.19. The van der Waals surface area contributed by atoms with Crippen LogP contribution in [-0.4, -0.2) is 19.1 Å². The van der Waals surface area contributed by atoms with Gasteiger partial charge in [-0.2, -0.15) is 0 Å². The van der Waals surface area contributed by atoms with E-state index in [1.54, 1.807) is 0 Å². The molecule has 2 N–H and O–H groups in total. The van der Waals surface area contributed by atoms with Gasteiger partial charge in [0, 0.05) is 18.3 Å². The smallest absolute Gasteiger partial charge is 0.0368 e. The summed E-state index contributed by atoms with van der Waals surface area (Å²) in [5.74, 6) is 0.712. The van der Waals surface area contributed by atoms with Crippen molar-refractivity contribution in [2.75, 3.05) is 18.0 Å². The van der Waals surface area contributed by atoms with E-state index in [2.05, 4.69) is 43.0 Å². The second-order valence-electron chi connectivity index (χ2n) is 6.19. The highest BCUT2D eigenvalue weighted by atomic mass is 15.2. The summed E-state index contributed by atoms with van der Waals surface area (Å²) in [6.45, 7) is 6.52. The summed E-state index contributed by atoms with van der Waals surface area (Å²) in [7, 11) is 0. The minimum absolute atomic E-state index is 0.712. The lowest BCUT2D eigenvalue weighted by Gasteiger charge is -2.33. The van der Waals surface area contributed by atoms with Crippen molar-refractivity contribution in [3.63, 3.8) is 0 Å². The molecule has 0 radical (unpaired) electrons. The van der Waals surface area contributed by atoms with Gasteiger partial charge in [-0.05, 0) is 49.4 Å². The number of nitrogens with zero attached hydrogens (tertiary/aromatic N) is 1. The molecule has 0 aliphatic heterocycles. The van der Waals surface area contributed by atoms with Crippen molar-refractivity contribution >= 4 is 5.69 Å². The van der Waals surface area contributed by atoms with Crippen LogP contribution >= 0.6 is 0 Å². The molecule has 1 aliphatic carbocycles. The molecule has 2 rings (SSSR count). The van der Waals surface area contributed by atoms with Crippen LogP contribution in [0, 0.1) is 5.92 Å². The molecule has 1 saturated carbocycles. The van der Waals surface area contributed by atoms with E-state index in [4.69, 9.17) is 5.73 Å². The average molecular weight is 260 g/mol. The Hall–Kier alpha value is -1.02. The first-order chi connectivity index (χ1) is 9.20. The van der Waals surface area contributed by atoms with E-state index in [-0.39, 0.29) is 0 Å². The maximum atomic E-state index is 5.61. The van der Waals surface area contributed by atoms with Gasteiger partial charge in [-0.25, -0.2) is 0 Å². The van der Waals surface area contributed by atoms with Gasteiger partial charge in [0.2, 0.25) is 0 Å². The van der Waals surface area contributed by atoms with Crippen molar-refractivity contribution < 1.29 is 0 Å². The van der Waals surface area contributed by atoms with E-state index in [0.29, 0.717) is 5.92 Å². The van der Waals surface area contributed by atoms with Crippen LogP contribution in [-0.2, 0) is 6.42 Å². The number of benzene rings is 1. The third-order valence-electron chi connectivity index (χ3n) is 4.03. The molecule has 0 aromatic heterocycles. The van der Waals surface area contributed by atoms with Crippen LogP contribution in [0.5, 0.6) is 0 Å². The molecule has 2 nitrogen and oxygen atoms in total. The monoisotopic (exact) mass is 260 g/mol. The van der Waals surface area contributed by atoms with Crippen LogP contribution in [0.25, 0.3) is 0 Å². The van der Waals surface area contributed by atoms with Crippen LogP contribution in [0.15, 0.2) is 24.3 Å². The minimum atomic E-state index is 0.712. The molecule has 1 aliphatic rings. The van der Waals surface area contributed by atoms with Crippen LogP contribution in [0.1, 0.15) is 45.1 Å². The Kier molecular flexibility index (Phi) is 5.26. The first-order valence-electron chi connectivity index (χ1n) is 7.76. The highest BCUT2D eigenvalue weighted by Crippen LogP contribution is 2.29. The van der Waals surface area contributed by atoms with Crippen LogP contribution < -0.4 is 10.6 Å².